The molecule has 0 bridgehead atoms. The minimum Gasteiger partial charge on any atom is -0.376 e. The number of rotatable bonds is 1. The van der Waals surface area contributed by atoms with E-state index in [4.69, 9.17) is 0 Å². The van der Waals surface area contributed by atoms with Crippen LogP contribution in [0.25, 0.3) is 31.3 Å². The van der Waals surface area contributed by atoms with Gasteiger partial charge in [0.1, 0.15) is 0 Å². The molecule has 5 aromatic carbocycles. The quantitative estimate of drug-likeness (QED) is 0.156. The van der Waals surface area contributed by atoms with Crippen LogP contribution in [0.3, 0.4) is 0 Å². The molecule has 1 fully saturated rings. The van der Waals surface area contributed by atoms with Crippen molar-refractivity contribution in [2.45, 2.75) is 129 Å². The monoisotopic (exact) mass is 726 g/mol. The highest BCUT2D eigenvalue weighted by molar-refractivity contribution is 7.26. The van der Waals surface area contributed by atoms with Crippen LogP contribution < -0.4 is 20.6 Å². The van der Waals surface area contributed by atoms with Crippen molar-refractivity contribution >= 4 is 72.0 Å². The second kappa shape index (κ2) is 10.8. The van der Waals surface area contributed by atoms with Crippen LogP contribution in [0.1, 0.15) is 124 Å². The van der Waals surface area contributed by atoms with Gasteiger partial charge in [0.05, 0.1) is 15.9 Å². The van der Waals surface area contributed by atoms with Gasteiger partial charge >= 0.3 is 6.85 Å². The Kier molecular flexibility index (Phi) is 6.92. The molecular weight excluding hydrogens is 671 g/mol. The first kappa shape index (κ1) is 34.5. The minimum absolute atomic E-state index is 0.0179. The molecule has 274 valence electrons. The van der Waals surface area contributed by atoms with Crippen molar-refractivity contribution in [3.05, 3.63) is 107 Å². The fraction of sp³-hybridized carbons (Fsp3) is 0.400. The molecule has 4 aliphatic rings. The van der Waals surface area contributed by atoms with Crippen molar-refractivity contribution in [2.75, 3.05) is 9.71 Å². The molecule has 6 aromatic rings. The molecule has 1 aromatic heterocycles. The molecule has 4 heterocycles. The van der Waals surface area contributed by atoms with Crippen LogP contribution in [-0.2, 0) is 21.7 Å². The van der Waals surface area contributed by atoms with E-state index in [1.807, 2.05) is 11.3 Å². The van der Waals surface area contributed by atoms with Crippen LogP contribution in [0.5, 0.6) is 0 Å². The summed E-state index contributed by atoms with van der Waals surface area (Å²) in [5.41, 5.74) is 17.2. The summed E-state index contributed by atoms with van der Waals surface area (Å²) < 4.78 is 2.83. The summed E-state index contributed by atoms with van der Waals surface area (Å²) in [7, 11) is 0. The van der Waals surface area contributed by atoms with Gasteiger partial charge in [-0.1, -0.05) is 137 Å². The molecule has 1 saturated carbocycles. The average molecular weight is 727 g/mol. The first-order valence-corrected chi connectivity index (χ1v) is 21.3. The third-order valence-corrected chi connectivity index (χ3v) is 15.4. The maximum absolute atomic E-state index is 2.94. The summed E-state index contributed by atoms with van der Waals surface area (Å²) >= 11 is 2.01. The van der Waals surface area contributed by atoms with Crippen LogP contribution >= 0.6 is 11.3 Å². The Morgan fingerprint density at radius 2 is 1.30 bits per heavy atom. The SMILES string of the molecule is CC(C)(C)c1ccc(N2B3c4cc(C(C)(C)C)cc5c4N(c4c3c(cc3c4sc4ccccc43)-c3ccc(C(C)(C)C)cc32)C2(C)CCCCC52C)cc1. The lowest BCUT2D eigenvalue weighted by Crippen LogP contribution is -2.64. The number of hydrogen-bond donors (Lipinski definition) is 0. The lowest BCUT2D eigenvalue weighted by Gasteiger charge is -2.53. The van der Waals surface area contributed by atoms with Gasteiger partial charge in [0.15, 0.2) is 0 Å². The van der Waals surface area contributed by atoms with Crippen LogP contribution in [0.4, 0.5) is 22.7 Å². The summed E-state index contributed by atoms with van der Waals surface area (Å²) in [6, 6.07) is 34.0. The van der Waals surface area contributed by atoms with Crippen LogP contribution in [0.15, 0.2) is 84.9 Å². The largest absolute Gasteiger partial charge is 0.376 e. The highest BCUT2D eigenvalue weighted by Crippen LogP contribution is 2.64. The molecular formula is C50H55BN2S. The van der Waals surface area contributed by atoms with E-state index in [-0.39, 0.29) is 34.0 Å². The molecule has 2 nitrogen and oxygen atoms in total. The third-order valence-electron chi connectivity index (χ3n) is 14.3. The van der Waals surface area contributed by atoms with Gasteiger partial charge in [0.2, 0.25) is 0 Å². The van der Waals surface area contributed by atoms with Gasteiger partial charge in [0, 0.05) is 43.5 Å². The average Bonchev–Trinajstić information content (AvgIpc) is 3.59. The summed E-state index contributed by atoms with van der Waals surface area (Å²) in [6.45, 7) is 26.6. The van der Waals surface area contributed by atoms with Gasteiger partial charge in [-0.2, -0.15) is 0 Å². The van der Waals surface area contributed by atoms with Gasteiger partial charge in [0.25, 0.3) is 0 Å². The van der Waals surface area contributed by atoms with Crippen molar-refractivity contribution in [2.24, 2.45) is 0 Å². The second-order valence-corrected chi connectivity index (χ2v) is 21.6. The lowest BCUT2D eigenvalue weighted by atomic mass is 9.43. The summed E-state index contributed by atoms with van der Waals surface area (Å²) in [4.78, 5) is 5.69. The number of fused-ring (bicyclic) bond motifs is 11. The number of nitrogens with zero attached hydrogens (tertiary/aromatic N) is 2. The maximum Gasteiger partial charge on any atom is 0.333 e. The zero-order chi connectivity index (χ0) is 37.9. The number of benzene rings is 5. The van der Waals surface area contributed by atoms with Gasteiger partial charge in [-0.3, -0.25) is 0 Å². The molecule has 0 amide bonds. The van der Waals surface area contributed by atoms with Crippen LogP contribution in [0.2, 0.25) is 0 Å². The third kappa shape index (κ3) is 4.47. The predicted octanol–water partition coefficient (Wildman–Crippen LogP) is 12.9. The Hall–Kier alpha value is -4.02. The molecule has 1 aliphatic carbocycles. The summed E-state index contributed by atoms with van der Waals surface area (Å²) in [5, 5.41) is 2.78. The van der Waals surface area contributed by atoms with Crippen molar-refractivity contribution in [3.63, 3.8) is 0 Å². The van der Waals surface area contributed by atoms with Gasteiger partial charge in [-0.05, 0) is 105 Å². The summed E-state index contributed by atoms with van der Waals surface area (Å²) in [6.07, 6.45) is 4.99. The fourth-order valence-corrected chi connectivity index (χ4v) is 12.1. The highest BCUT2D eigenvalue weighted by Gasteiger charge is 2.62. The van der Waals surface area contributed by atoms with Crippen molar-refractivity contribution in [1.29, 1.82) is 0 Å². The Morgan fingerprint density at radius 3 is 2.00 bits per heavy atom. The van der Waals surface area contributed by atoms with Crippen molar-refractivity contribution in [3.8, 4) is 11.1 Å². The first-order valence-electron chi connectivity index (χ1n) is 20.4. The fourth-order valence-electron chi connectivity index (χ4n) is 10.8. The predicted molar refractivity (Wildman–Crippen MR) is 237 cm³/mol. The Bertz CT molecular complexity index is 2560. The zero-order valence-corrected chi connectivity index (χ0v) is 35.1. The topological polar surface area (TPSA) is 6.48 Å². The van der Waals surface area contributed by atoms with E-state index in [9.17, 15) is 0 Å². The first-order chi connectivity index (χ1) is 25.4. The number of hydrogen-bond acceptors (Lipinski definition) is 3. The Morgan fingerprint density at radius 1 is 0.630 bits per heavy atom. The van der Waals surface area contributed by atoms with Gasteiger partial charge < -0.3 is 9.71 Å². The van der Waals surface area contributed by atoms with Crippen LogP contribution in [-0.4, -0.2) is 12.4 Å². The molecule has 2 unspecified atom stereocenters. The molecule has 2 atom stereocenters. The van der Waals surface area contributed by atoms with Gasteiger partial charge in [-0.15, -0.1) is 11.3 Å². The lowest BCUT2D eigenvalue weighted by molar-refractivity contribution is 0.195. The van der Waals surface area contributed by atoms with Crippen molar-refractivity contribution < 1.29 is 0 Å². The molecule has 4 heteroatoms. The molecule has 0 radical (unpaired) electrons. The highest BCUT2D eigenvalue weighted by atomic mass is 32.1. The van der Waals surface area contributed by atoms with E-state index >= 15 is 0 Å². The van der Waals surface area contributed by atoms with E-state index in [0.717, 1.165) is 0 Å². The standard InChI is InChI=1S/C50H55BN2S/c1-46(2,3)30-18-21-33(22-19-30)53-40-28-31(47(4,5)6)20-23-34(40)36-29-37-35-16-12-13-17-41(35)54-45(37)44-42(36)51(53)39-27-32(48(7,8)9)26-38-43(39)52(44)50(11)25-15-14-24-49(38,50)10/h12-13,16-23,26-29H,14-15,24-25H2,1-11H3. The molecule has 3 aliphatic heterocycles. The smallest absolute Gasteiger partial charge is 0.333 e. The second-order valence-electron chi connectivity index (χ2n) is 20.6. The molecule has 0 spiro atoms. The minimum atomic E-state index is -0.0302. The normalized spacial score (nSPS) is 21.7. The van der Waals surface area contributed by atoms with E-state index in [0.29, 0.717) is 0 Å². The Labute approximate surface area is 327 Å². The molecule has 0 saturated heterocycles. The van der Waals surface area contributed by atoms with Crippen molar-refractivity contribution in [1.82, 2.24) is 0 Å². The Balaban J connectivity index is 1.40. The summed E-state index contributed by atoms with van der Waals surface area (Å²) in [5.74, 6) is 0. The van der Waals surface area contributed by atoms with E-state index in [1.165, 1.54) is 107 Å². The number of thiophene rings is 1. The maximum atomic E-state index is 2.94. The molecule has 54 heavy (non-hydrogen) atoms. The van der Waals surface area contributed by atoms with Crippen LogP contribution in [0, 0.1) is 0 Å². The number of anilines is 4. The van der Waals surface area contributed by atoms with Gasteiger partial charge in [-0.25, -0.2) is 0 Å². The van der Waals surface area contributed by atoms with E-state index in [2.05, 4.69) is 171 Å². The molecule has 0 N–H and O–H groups in total. The van der Waals surface area contributed by atoms with E-state index < -0.39 is 0 Å². The molecule has 10 rings (SSSR count). The zero-order valence-electron chi connectivity index (χ0n) is 34.3. The van der Waals surface area contributed by atoms with E-state index in [1.54, 1.807) is 5.56 Å².